The molecule has 2 nitrogen and oxygen atoms in total. The Balaban J connectivity index is 1.68. The molecule has 0 N–H and O–H groups in total. The number of benzene rings is 3. The van der Waals surface area contributed by atoms with E-state index in [1.54, 1.807) is 0 Å². The highest BCUT2D eigenvalue weighted by molar-refractivity contribution is 6.18. The summed E-state index contributed by atoms with van der Waals surface area (Å²) in [6, 6.07) is 17.6. The van der Waals surface area contributed by atoms with Crippen LogP contribution in [-0.2, 0) is 12.8 Å². The molecule has 0 fully saturated rings. The van der Waals surface area contributed by atoms with Gasteiger partial charge in [0.1, 0.15) is 11.2 Å². The molecule has 0 saturated carbocycles. The molecule has 0 aliphatic rings. The molecule has 0 saturated heterocycles. The Morgan fingerprint density at radius 3 is 1.43 bits per heavy atom. The molecule has 28 heavy (non-hydrogen) atoms. The van der Waals surface area contributed by atoms with Crippen LogP contribution in [0, 0.1) is 0 Å². The van der Waals surface area contributed by atoms with Gasteiger partial charge in [0.15, 0.2) is 11.2 Å². The van der Waals surface area contributed by atoms with Gasteiger partial charge in [0.2, 0.25) is 0 Å². The zero-order valence-electron chi connectivity index (χ0n) is 16.7. The van der Waals surface area contributed by atoms with E-state index in [0.717, 1.165) is 45.9 Å². The summed E-state index contributed by atoms with van der Waals surface area (Å²) in [6.07, 6.45) is 7.03. The van der Waals surface area contributed by atoms with E-state index in [9.17, 15) is 0 Å². The summed E-state index contributed by atoms with van der Waals surface area (Å²) < 4.78 is 12.6. The lowest BCUT2D eigenvalue weighted by atomic mass is 10.0. The third-order valence-electron chi connectivity index (χ3n) is 5.85. The second-order valence-corrected chi connectivity index (χ2v) is 7.89. The Morgan fingerprint density at radius 2 is 1.00 bits per heavy atom. The maximum atomic E-state index is 6.32. The van der Waals surface area contributed by atoms with Crippen LogP contribution in [0.3, 0.4) is 0 Å². The minimum atomic E-state index is 0.867. The van der Waals surface area contributed by atoms with Gasteiger partial charge in [-0.2, -0.15) is 0 Å². The summed E-state index contributed by atoms with van der Waals surface area (Å²) in [5.41, 5.74) is 6.34. The van der Waals surface area contributed by atoms with Crippen molar-refractivity contribution < 1.29 is 8.83 Å². The Hall–Kier alpha value is -2.74. The highest BCUT2D eigenvalue weighted by Gasteiger charge is 2.16. The van der Waals surface area contributed by atoms with Gasteiger partial charge in [-0.25, -0.2) is 0 Å². The lowest BCUT2D eigenvalue weighted by molar-refractivity contribution is 0.632. The van der Waals surface area contributed by atoms with Gasteiger partial charge in [-0.15, -0.1) is 0 Å². The highest BCUT2D eigenvalue weighted by Crippen LogP contribution is 2.39. The minimum absolute atomic E-state index is 0.867. The number of hydrogen-bond donors (Lipinski definition) is 0. The van der Waals surface area contributed by atoms with Crippen LogP contribution in [0.2, 0.25) is 0 Å². The Kier molecular flexibility index (Phi) is 4.35. The maximum Gasteiger partial charge on any atom is 0.178 e. The fraction of sp³-hybridized carbons (Fsp3) is 0.308. The van der Waals surface area contributed by atoms with Crippen molar-refractivity contribution in [2.24, 2.45) is 0 Å². The first-order valence-corrected chi connectivity index (χ1v) is 10.6. The Bertz CT molecular complexity index is 1180. The maximum absolute atomic E-state index is 6.32. The van der Waals surface area contributed by atoms with Crippen molar-refractivity contribution in [2.45, 2.75) is 52.4 Å². The van der Waals surface area contributed by atoms with Gasteiger partial charge in [0.05, 0.1) is 0 Å². The lowest BCUT2D eigenvalue weighted by Crippen LogP contribution is -1.83. The predicted octanol–water partition coefficient (Wildman–Crippen LogP) is 8.17. The van der Waals surface area contributed by atoms with Crippen LogP contribution >= 0.6 is 0 Å². The van der Waals surface area contributed by atoms with E-state index < -0.39 is 0 Å². The van der Waals surface area contributed by atoms with E-state index in [1.807, 2.05) is 0 Å². The Labute approximate surface area is 165 Å². The molecule has 0 atom stereocenters. The zero-order valence-corrected chi connectivity index (χ0v) is 16.7. The van der Waals surface area contributed by atoms with Crippen LogP contribution < -0.4 is 0 Å². The second-order valence-electron chi connectivity index (χ2n) is 7.89. The number of furan rings is 2. The molecule has 0 radical (unpaired) electrons. The number of unbranched alkanes of at least 4 members (excludes halogenated alkanes) is 2. The molecular formula is C26H26O2. The normalized spacial score (nSPS) is 12.1. The fourth-order valence-electron chi connectivity index (χ4n) is 4.23. The SMILES string of the molecule is CCCCc1ccc2c(c1)oc1c2ccc2c3ccc(CCCC)cc3oc21. The molecular weight excluding hydrogens is 344 g/mol. The van der Waals surface area contributed by atoms with Crippen molar-refractivity contribution in [1.82, 2.24) is 0 Å². The van der Waals surface area contributed by atoms with Crippen LogP contribution in [0.25, 0.3) is 43.9 Å². The lowest BCUT2D eigenvalue weighted by Gasteiger charge is -1.99. The summed E-state index contributed by atoms with van der Waals surface area (Å²) in [5.74, 6) is 0. The fourth-order valence-corrected chi connectivity index (χ4v) is 4.23. The molecule has 0 amide bonds. The van der Waals surface area contributed by atoms with Crippen molar-refractivity contribution in [3.05, 3.63) is 59.7 Å². The average Bonchev–Trinajstić information content (AvgIpc) is 3.27. The molecule has 0 unspecified atom stereocenters. The summed E-state index contributed by atoms with van der Waals surface area (Å²) in [4.78, 5) is 0. The third kappa shape index (κ3) is 2.79. The first-order chi connectivity index (χ1) is 13.8. The first kappa shape index (κ1) is 17.4. The quantitative estimate of drug-likeness (QED) is 0.301. The molecule has 0 bridgehead atoms. The number of fused-ring (bicyclic) bond motifs is 7. The zero-order chi connectivity index (χ0) is 19.1. The van der Waals surface area contributed by atoms with Crippen molar-refractivity contribution in [2.75, 3.05) is 0 Å². The summed E-state index contributed by atoms with van der Waals surface area (Å²) in [5, 5.41) is 4.60. The van der Waals surface area contributed by atoms with E-state index in [1.165, 1.54) is 47.6 Å². The standard InChI is InChI=1S/C26H26O2/c1-3-5-7-17-9-11-19-21-13-14-22-20-12-10-18(8-6-4-2)16-24(20)28-26(22)25(21)27-23(19)15-17/h9-16H,3-8H2,1-2H3. The van der Waals surface area contributed by atoms with Gasteiger partial charge in [-0.05, 0) is 61.1 Å². The molecule has 0 aliphatic heterocycles. The smallest absolute Gasteiger partial charge is 0.178 e. The van der Waals surface area contributed by atoms with Gasteiger partial charge in [0.25, 0.3) is 0 Å². The van der Waals surface area contributed by atoms with Gasteiger partial charge in [0, 0.05) is 21.5 Å². The van der Waals surface area contributed by atoms with Crippen LogP contribution in [0.15, 0.2) is 57.4 Å². The third-order valence-corrected chi connectivity index (χ3v) is 5.85. The van der Waals surface area contributed by atoms with Crippen molar-refractivity contribution in [3.8, 4) is 0 Å². The number of rotatable bonds is 6. The van der Waals surface area contributed by atoms with E-state index in [0.29, 0.717) is 0 Å². The summed E-state index contributed by atoms with van der Waals surface area (Å²) in [7, 11) is 0. The topological polar surface area (TPSA) is 26.3 Å². The Morgan fingerprint density at radius 1 is 0.571 bits per heavy atom. The minimum Gasteiger partial charge on any atom is -0.452 e. The van der Waals surface area contributed by atoms with E-state index in [-0.39, 0.29) is 0 Å². The van der Waals surface area contributed by atoms with Crippen LogP contribution in [0.4, 0.5) is 0 Å². The molecule has 5 aromatic rings. The highest BCUT2D eigenvalue weighted by atomic mass is 16.4. The largest absolute Gasteiger partial charge is 0.452 e. The van der Waals surface area contributed by atoms with Crippen LogP contribution in [0.1, 0.15) is 50.7 Å². The molecule has 0 aliphatic carbocycles. The number of aryl methyl sites for hydroxylation is 2. The van der Waals surface area contributed by atoms with Gasteiger partial charge in [-0.3, -0.25) is 0 Å². The monoisotopic (exact) mass is 370 g/mol. The molecule has 0 spiro atoms. The second kappa shape index (κ2) is 7.01. The van der Waals surface area contributed by atoms with E-state index >= 15 is 0 Å². The van der Waals surface area contributed by atoms with Crippen molar-refractivity contribution >= 4 is 43.9 Å². The van der Waals surface area contributed by atoms with Gasteiger partial charge < -0.3 is 8.83 Å². The molecule has 3 aromatic carbocycles. The molecule has 5 rings (SSSR count). The van der Waals surface area contributed by atoms with E-state index in [4.69, 9.17) is 8.83 Å². The predicted molar refractivity (Wildman–Crippen MR) is 118 cm³/mol. The van der Waals surface area contributed by atoms with Crippen LogP contribution in [-0.4, -0.2) is 0 Å². The van der Waals surface area contributed by atoms with E-state index in [2.05, 4.69) is 62.4 Å². The molecule has 2 heteroatoms. The average molecular weight is 370 g/mol. The molecule has 2 heterocycles. The summed E-state index contributed by atoms with van der Waals surface area (Å²) >= 11 is 0. The summed E-state index contributed by atoms with van der Waals surface area (Å²) in [6.45, 7) is 4.46. The van der Waals surface area contributed by atoms with Gasteiger partial charge >= 0.3 is 0 Å². The number of hydrogen-bond acceptors (Lipinski definition) is 2. The van der Waals surface area contributed by atoms with Crippen molar-refractivity contribution in [3.63, 3.8) is 0 Å². The van der Waals surface area contributed by atoms with Crippen molar-refractivity contribution in [1.29, 1.82) is 0 Å². The first-order valence-electron chi connectivity index (χ1n) is 10.6. The van der Waals surface area contributed by atoms with Crippen LogP contribution in [0.5, 0.6) is 0 Å². The molecule has 2 aromatic heterocycles. The molecule has 142 valence electrons. The van der Waals surface area contributed by atoms with Gasteiger partial charge in [-0.1, -0.05) is 51.0 Å².